The van der Waals surface area contributed by atoms with Crippen LogP contribution in [-0.2, 0) is 9.59 Å². The van der Waals surface area contributed by atoms with Crippen LogP contribution in [0.1, 0.15) is 99.0 Å². The Morgan fingerprint density at radius 1 is 0.887 bits per heavy atom. The second-order valence-electron chi connectivity index (χ2n) is 17.3. The van der Waals surface area contributed by atoms with E-state index in [1.807, 2.05) is 70.7 Å². The maximum atomic E-state index is 15.4. The first-order chi connectivity index (χ1) is 29.9. The predicted molar refractivity (Wildman–Crippen MR) is 230 cm³/mol. The van der Waals surface area contributed by atoms with Gasteiger partial charge in [-0.3, -0.25) is 43.9 Å². The van der Waals surface area contributed by atoms with Gasteiger partial charge < -0.3 is 24.6 Å². The van der Waals surface area contributed by atoms with Crippen molar-refractivity contribution in [2.24, 2.45) is 5.92 Å². The van der Waals surface area contributed by atoms with E-state index < -0.39 is 35.5 Å². The molecule has 5 amide bonds. The number of amides is 5. The van der Waals surface area contributed by atoms with Gasteiger partial charge in [0, 0.05) is 81.1 Å². The molecule has 17 heteroatoms. The molecule has 326 valence electrons. The second kappa shape index (κ2) is 18.1. The molecule has 2 N–H and O–H groups in total. The van der Waals surface area contributed by atoms with Crippen molar-refractivity contribution in [2.75, 3.05) is 77.2 Å². The van der Waals surface area contributed by atoms with E-state index in [9.17, 15) is 28.8 Å². The lowest BCUT2D eigenvalue weighted by atomic mass is 9.95. The van der Waals surface area contributed by atoms with Gasteiger partial charge in [-0.25, -0.2) is 9.37 Å². The minimum absolute atomic E-state index is 0.0103. The monoisotopic (exact) mass is 848 g/mol. The van der Waals surface area contributed by atoms with Crippen LogP contribution in [0, 0.1) is 11.7 Å². The molecule has 0 bridgehead atoms. The molecular weight excluding hydrogens is 796 g/mol. The molecule has 2 aromatic carbocycles. The summed E-state index contributed by atoms with van der Waals surface area (Å²) < 4.78 is 17.5. The quantitative estimate of drug-likeness (QED) is 0.179. The van der Waals surface area contributed by atoms with Gasteiger partial charge in [-0.1, -0.05) is 12.8 Å². The lowest BCUT2D eigenvalue weighted by Gasteiger charge is -2.39. The van der Waals surface area contributed by atoms with Crippen LogP contribution in [-0.4, -0.2) is 143 Å². The van der Waals surface area contributed by atoms with E-state index in [-0.39, 0.29) is 41.6 Å². The number of fused-ring (bicyclic) bond motifs is 2. The molecular formula is C45H53FN10O6. The number of imide groups is 2. The van der Waals surface area contributed by atoms with E-state index >= 15 is 4.39 Å². The minimum Gasteiger partial charge on any atom is -0.367 e. The zero-order valence-electron chi connectivity index (χ0n) is 35.4. The molecule has 1 unspecified atom stereocenters. The average molecular weight is 849 g/mol. The SMILES string of the molecule is CN(C)C.O=Cc1cc2cnc(Nc3ccc(C(=O)N4CCC(CN5CCN(c6cc7c(cc6F)C(=O)N(C6CCC(=O)NC6=O)C7=O)CC5)CC4)cc3)nc2n1C1CCCC1. The predicted octanol–water partition coefficient (Wildman–Crippen LogP) is 4.50. The summed E-state index contributed by atoms with van der Waals surface area (Å²) in [5, 5.41) is 6.26. The fraction of sp³-hybridized carbons (Fsp3) is 0.467. The highest BCUT2D eigenvalue weighted by atomic mass is 19.1. The maximum Gasteiger partial charge on any atom is 0.262 e. The summed E-state index contributed by atoms with van der Waals surface area (Å²) in [5.41, 5.74) is 2.96. The summed E-state index contributed by atoms with van der Waals surface area (Å²) in [4.78, 5) is 93.9. The van der Waals surface area contributed by atoms with Crippen molar-refractivity contribution in [1.82, 2.24) is 39.5 Å². The Kier molecular flexibility index (Phi) is 12.4. The Balaban J connectivity index is 0.00000127. The Morgan fingerprint density at radius 3 is 2.19 bits per heavy atom. The van der Waals surface area contributed by atoms with E-state index in [0.29, 0.717) is 62.4 Å². The molecule has 6 heterocycles. The highest BCUT2D eigenvalue weighted by Gasteiger charge is 2.45. The smallest absolute Gasteiger partial charge is 0.262 e. The number of hydrogen-bond acceptors (Lipinski definition) is 12. The third kappa shape index (κ3) is 8.81. The topological polar surface area (TPSA) is 173 Å². The number of anilines is 3. The largest absolute Gasteiger partial charge is 0.367 e. The molecule has 0 spiro atoms. The van der Waals surface area contributed by atoms with Gasteiger partial charge >= 0.3 is 0 Å². The van der Waals surface area contributed by atoms with Crippen molar-refractivity contribution >= 4 is 64.2 Å². The number of rotatable bonds is 9. The third-order valence-corrected chi connectivity index (χ3v) is 12.4. The van der Waals surface area contributed by atoms with Gasteiger partial charge in [-0.05, 0) is 102 Å². The summed E-state index contributed by atoms with van der Waals surface area (Å²) in [6.07, 6.45) is 8.74. The normalized spacial score (nSPS) is 20.1. The molecule has 2 aromatic heterocycles. The summed E-state index contributed by atoms with van der Waals surface area (Å²) in [6.45, 7) is 4.63. The summed E-state index contributed by atoms with van der Waals surface area (Å²) in [5.74, 6) is -2.33. The number of carbonyl (C=O) groups is 6. The number of halogens is 1. The van der Waals surface area contributed by atoms with Crippen molar-refractivity contribution in [1.29, 1.82) is 0 Å². The standard InChI is InChI=1S/C42H44FN9O6.C3H9N/c43-33-20-31-32(41(58)52(40(31)57)34-9-10-36(54)46-38(34)55)21-35(33)49-17-15-48(16-18-49)23-25-11-13-50(14-12-25)39(56)26-5-7-28(8-6-26)45-42-44-22-27-19-30(24-53)51(37(27)47-42)29-3-1-2-4-29;1-4(2)3/h5-8,19-22,24-25,29,34H,1-4,9-18,23H2,(H,44,45,47)(H,46,54,55);1-3H3. The fourth-order valence-electron chi connectivity index (χ4n) is 9.31. The lowest BCUT2D eigenvalue weighted by molar-refractivity contribution is -0.136. The van der Waals surface area contributed by atoms with Crippen LogP contribution in [0.25, 0.3) is 11.0 Å². The third-order valence-electron chi connectivity index (χ3n) is 12.4. The number of nitrogens with zero attached hydrogens (tertiary/aromatic N) is 8. The van der Waals surface area contributed by atoms with Crippen molar-refractivity contribution in [2.45, 2.75) is 63.5 Å². The number of aldehydes is 1. The van der Waals surface area contributed by atoms with E-state index in [4.69, 9.17) is 4.98 Å². The van der Waals surface area contributed by atoms with Gasteiger partial charge in [0.15, 0.2) is 6.29 Å². The van der Waals surface area contributed by atoms with E-state index in [0.717, 1.165) is 79.0 Å². The van der Waals surface area contributed by atoms with Crippen LogP contribution in [0.15, 0.2) is 48.7 Å². The number of carbonyl (C=O) groups excluding carboxylic acids is 6. The average Bonchev–Trinajstić information content (AvgIpc) is 3.98. The van der Waals surface area contributed by atoms with Crippen LogP contribution < -0.4 is 15.5 Å². The number of nitrogens with one attached hydrogen (secondary N) is 2. The number of benzene rings is 2. The molecule has 3 saturated heterocycles. The Hall–Kier alpha value is -6.07. The van der Waals surface area contributed by atoms with E-state index in [1.54, 1.807) is 6.20 Å². The second-order valence-corrected chi connectivity index (χ2v) is 17.3. The first kappa shape index (κ1) is 42.6. The molecule has 1 aliphatic carbocycles. The number of piperazine rings is 1. The first-order valence-corrected chi connectivity index (χ1v) is 21.5. The van der Waals surface area contributed by atoms with E-state index in [1.165, 1.54) is 6.07 Å². The molecule has 4 fully saturated rings. The van der Waals surface area contributed by atoms with Crippen LogP contribution in [0.4, 0.5) is 21.7 Å². The maximum absolute atomic E-state index is 15.4. The Bertz CT molecular complexity index is 2380. The molecule has 4 aliphatic heterocycles. The summed E-state index contributed by atoms with van der Waals surface area (Å²) in [7, 11) is 6.00. The van der Waals surface area contributed by atoms with Gasteiger partial charge in [-0.15, -0.1) is 0 Å². The molecule has 1 atom stereocenters. The van der Waals surface area contributed by atoms with Crippen molar-refractivity contribution in [3.05, 3.63) is 76.9 Å². The molecule has 4 aromatic rings. The van der Waals surface area contributed by atoms with Crippen molar-refractivity contribution < 1.29 is 33.2 Å². The van der Waals surface area contributed by atoms with Crippen molar-refractivity contribution in [3.63, 3.8) is 0 Å². The number of hydrogen-bond donors (Lipinski definition) is 2. The highest BCUT2D eigenvalue weighted by Crippen LogP contribution is 2.35. The molecule has 0 radical (unpaired) electrons. The van der Waals surface area contributed by atoms with Crippen LogP contribution in [0.5, 0.6) is 0 Å². The van der Waals surface area contributed by atoms with Crippen LogP contribution in [0.2, 0.25) is 0 Å². The molecule has 5 aliphatic rings. The van der Waals surface area contributed by atoms with Crippen LogP contribution >= 0.6 is 0 Å². The molecule has 16 nitrogen and oxygen atoms in total. The zero-order valence-corrected chi connectivity index (χ0v) is 35.4. The Labute approximate surface area is 359 Å². The fourth-order valence-corrected chi connectivity index (χ4v) is 9.31. The van der Waals surface area contributed by atoms with E-state index in [2.05, 4.69) is 20.5 Å². The highest BCUT2D eigenvalue weighted by molar-refractivity contribution is 6.23. The van der Waals surface area contributed by atoms with Gasteiger partial charge in [0.25, 0.3) is 17.7 Å². The van der Waals surface area contributed by atoms with Gasteiger partial charge in [0.1, 0.15) is 17.5 Å². The number of likely N-dealkylation sites (tertiary alicyclic amines) is 1. The van der Waals surface area contributed by atoms with Gasteiger partial charge in [-0.2, -0.15) is 4.98 Å². The number of piperidine rings is 2. The van der Waals surface area contributed by atoms with Crippen molar-refractivity contribution in [3.8, 4) is 0 Å². The van der Waals surface area contributed by atoms with Gasteiger partial charge in [0.2, 0.25) is 17.8 Å². The first-order valence-electron chi connectivity index (χ1n) is 21.5. The molecule has 1 saturated carbocycles. The molecule has 62 heavy (non-hydrogen) atoms. The summed E-state index contributed by atoms with van der Waals surface area (Å²) >= 11 is 0. The lowest BCUT2D eigenvalue weighted by Crippen LogP contribution is -2.54. The van der Waals surface area contributed by atoms with Gasteiger partial charge in [0.05, 0.1) is 22.5 Å². The molecule has 9 rings (SSSR count). The zero-order chi connectivity index (χ0) is 43.7. The minimum atomic E-state index is -1.11. The summed E-state index contributed by atoms with van der Waals surface area (Å²) in [6, 6.07) is 10.8. The Morgan fingerprint density at radius 2 is 1.55 bits per heavy atom. The van der Waals surface area contributed by atoms with Crippen LogP contribution in [0.3, 0.4) is 0 Å². The number of aromatic nitrogens is 3.